The SMILES string of the molecule is CC(C)Oc1ccc(Br)cc1C(=O)Nc1cccc(NC(=O)c2ccccc2)c1. The Bertz CT molecular complexity index is 1020. The van der Waals surface area contributed by atoms with Crippen LogP contribution in [0, 0.1) is 0 Å². The number of ether oxygens (including phenoxy) is 1. The van der Waals surface area contributed by atoms with Gasteiger partial charge < -0.3 is 15.4 Å². The van der Waals surface area contributed by atoms with E-state index in [1.165, 1.54) is 0 Å². The van der Waals surface area contributed by atoms with Gasteiger partial charge in [-0.3, -0.25) is 9.59 Å². The molecule has 148 valence electrons. The molecule has 0 unspecified atom stereocenters. The number of carbonyl (C=O) groups is 2. The standard InChI is InChI=1S/C23H21BrN2O3/c1-15(2)29-21-12-11-17(24)13-20(21)23(28)26-19-10-6-9-18(14-19)25-22(27)16-7-4-3-5-8-16/h3-15H,1-2H3,(H,25,27)(H,26,28). The lowest BCUT2D eigenvalue weighted by atomic mass is 10.1. The molecule has 0 aliphatic rings. The van der Waals surface area contributed by atoms with E-state index in [4.69, 9.17) is 4.74 Å². The maximum Gasteiger partial charge on any atom is 0.259 e. The van der Waals surface area contributed by atoms with E-state index in [0.29, 0.717) is 28.3 Å². The molecule has 2 amide bonds. The van der Waals surface area contributed by atoms with Crippen LogP contribution in [0.4, 0.5) is 11.4 Å². The molecule has 2 N–H and O–H groups in total. The van der Waals surface area contributed by atoms with Gasteiger partial charge in [-0.25, -0.2) is 0 Å². The summed E-state index contributed by atoms with van der Waals surface area (Å²) in [6, 6.07) is 21.3. The Morgan fingerprint density at radius 2 is 1.48 bits per heavy atom. The van der Waals surface area contributed by atoms with Crippen LogP contribution in [0.25, 0.3) is 0 Å². The largest absolute Gasteiger partial charge is 0.490 e. The molecule has 5 nitrogen and oxygen atoms in total. The Balaban J connectivity index is 1.76. The zero-order chi connectivity index (χ0) is 20.8. The van der Waals surface area contributed by atoms with Crippen molar-refractivity contribution in [1.82, 2.24) is 0 Å². The summed E-state index contributed by atoms with van der Waals surface area (Å²) in [5, 5.41) is 5.70. The summed E-state index contributed by atoms with van der Waals surface area (Å²) in [4.78, 5) is 25.2. The molecule has 0 bridgehead atoms. The molecule has 3 aromatic carbocycles. The number of halogens is 1. The van der Waals surface area contributed by atoms with Crippen molar-refractivity contribution < 1.29 is 14.3 Å². The Kier molecular flexibility index (Phi) is 6.67. The zero-order valence-electron chi connectivity index (χ0n) is 16.1. The minimum absolute atomic E-state index is 0.0562. The number of hydrogen-bond donors (Lipinski definition) is 2. The summed E-state index contributed by atoms with van der Waals surface area (Å²) < 4.78 is 6.53. The molecule has 3 rings (SSSR count). The van der Waals surface area contributed by atoms with Crippen LogP contribution in [0.2, 0.25) is 0 Å². The third-order valence-corrected chi connectivity index (χ3v) is 4.46. The van der Waals surface area contributed by atoms with E-state index in [-0.39, 0.29) is 17.9 Å². The van der Waals surface area contributed by atoms with Crippen LogP contribution in [0.3, 0.4) is 0 Å². The van der Waals surface area contributed by atoms with Crippen LogP contribution in [0.5, 0.6) is 5.75 Å². The molecule has 0 aliphatic carbocycles. The second kappa shape index (κ2) is 9.39. The first-order valence-electron chi connectivity index (χ1n) is 9.16. The van der Waals surface area contributed by atoms with Gasteiger partial charge in [0.05, 0.1) is 11.7 Å². The van der Waals surface area contributed by atoms with Gasteiger partial charge in [0.25, 0.3) is 11.8 Å². The van der Waals surface area contributed by atoms with Crippen LogP contribution < -0.4 is 15.4 Å². The topological polar surface area (TPSA) is 67.4 Å². The van der Waals surface area contributed by atoms with Crippen molar-refractivity contribution in [2.45, 2.75) is 20.0 Å². The predicted molar refractivity (Wildman–Crippen MR) is 119 cm³/mol. The molecule has 0 atom stereocenters. The average molecular weight is 453 g/mol. The van der Waals surface area contributed by atoms with Gasteiger partial charge in [-0.1, -0.05) is 40.2 Å². The Morgan fingerprint density at radius 1 is 0.828 bits per heavy atom. The highest BCUT2D eigenvalue weighted by molar-refractivity contribution is 9.10. The maximum absolute atomic E-state index is 12.8. The number of anilines is 2. The highest BCUT2D eigenvalue weighted by Crippen LogP contribution is 2.26. The summed E-state index contributed by atoms with van der Waals surface area (Å²) in [6.07, 6.45) is -0.0562. The van der Waals surface area contributed by atoms with E-state index in [1.807, 2.05) is 26.0 Å². The lowest BCUT2D eigenvalue weighted by Crippen LogP contribution is -2.16. The molecule has 3 aromatic rings. The Morgan fingerprint density at radius 3 is 2.14 bits per heavy atom. The van der Waals surface area contributed by atoms with Crippen LogP contribution in [-0.2, 0) is 0 Å². The first-order valence-corrected chi connectivity index (χ1v) is 9.95. The molecule has 0 aliphatic heterocycles. The van der Waals surface area contributed by atoms with E-state index in [2.05, 4.69) is 26.6 Å². The van der Waals surface area contributed by atoms with Crippen molar-refractivity contribution in [3.05, 3.63) is 88.4 Å². The molecule has 0 radical (unpaired) electrons. The van der Waals surface area contributed by atoms with Crippen molar-refractivity contribution in [2.75, 3.05) is 10.6 Å². The second-order valence-corrected chi connectivity index (χ2v) is 7.58. The number of carbonyl (C=O) groups excluding carboxylic acids is 2. The van der Waals surface area contributed by atoms with Gasteiger partial charge in [0.15, 0.2) is 0 Å². The van der Waals surface area contributed by atoms with Gasteiger partial charge in [-0.05, 0) is 62.4 Å². The number of amides is 2. The molecule has 6 heteroatoms. The summed E-state index contributed by atoms with van der Waals surface area (Å²) in [5.41, 5.74) is 2.14. The Labute approximate surface area is 178 Å². The minimum Gasteiger partial charge on any atom is -0.490 e. The molecule has 0 heterocycles. The normalized spacial score (nSPS) is 10.5. The maximum atomic E-state index is 12.8. The van der Waals surface area contributed by atoms with Crippen LogP contribution >= 0.6 is 15.9 Å². The molecular formula is C23H21BrN2O3. The lowest BCUT2D eigenvalue weighted by Gasteiger charge is -2.15. The predicted octanol–water partition coefficient (Wildman–Crippen LogP) is 5.74. The number of nitrogens with one attached hydrogen (secondary N) is 2. The van der Waals surface area contributed by atoms with Gasteiger partial charge in [0.2, 0.25) is 0 Å². The highest BCUT2D eigenvalue weighted by Gasteiger charge is 2.15. The van der Waals surface area contributed by atoms with Gasteiger partial charge in [0, 0.05) is 21.4 Å². The van der Waals surface area contributed by atoms with Gasteiger partial charge >= 0.3 is 0 Å². The zero-order valence-corrected chi connectivity index (χ0v) is 17.7. The van der Waals surface area contributed by atoms with Crippen LogP contribution in [0.1, 0.15) is 34.6 Å². The van der Waals surface area contributed by atoms with E-state index in [1.54, 1.807) is 60.7 Å². The minimum atomic E-state index is -0.298. The van der Waals surface area contributed by atoms with Gasteiger partial charge in [0.1, 0.15) is 5.75 Å². The summed E-state index contributed by atoms with van der Waals surface area (Å²) in [5.74, 6) is -0.00333. The molecular weight excluding hydrogens is 432 g/mol. The van der Waals surface area contributed by atoms with Crippen molar-refractivity contribution in [3.63, 3.8) is 0 Å². The number of hydrogen-bond acceptors (Lipinski definition) is 3. The molecule has 0 saturated carbocycles. The first kappa shape index (κ1) is 20.6. The molecule has 0 spiro atoms. The summed E-state index contributed by atoms with van der Waals surface area (Å²) in [6.45, 7) is 3.81. The first-order chi connectivity index (χ1) is 13.9. The van der Waals surface area contributed by atoms with E-state index >= 15 is 0 Å². The molecule has 0 aromatic heterocycles. The summed E-state index contributed by atoms with van der Waals surface area (Å²) in [7, 11) is 0. The van der Waals surface area contributed by atoms with Gasteiger partial charge in [-0.2, -0.15) is 0 Å². The fraction of sp³-hybridized carbons (Fsp3) is 0.130. The third kappa shape index (κ3) is 5.68. The fourth-order valence-electron chi connectivity index (χ4n) is 2.70. The van der Waals surface area contributed by atoms with Crippen LogP contribution in [0.15, 0.2) is 77.3 Å². The smallest absolute Gasteiger partial charge is 0.259 e. The van der Waals surface area contributed by atoms with Crippen molar-refractivity contribution in [3.8, 4) is 5.75 Å². The molecule has 0 fully saturated rings. The van der Waals surface area contributed by atoms with Crippen molar-refractivity contribution in [1.29, 1.82) is 0 Å². The second-order valence-electron chi connectivity index (χ2n) is 6.66. The number of benzene rings is 3. The molecule has 29 heavy (non-hydrogen) atoms. The molecule has 0 saturated heterocycles. The number of rotatable bonds is 6. The average Bonchev–Trinajstić information content (AvgIpc) is 2.70. The quantitative estimate of drug-likeness (QED) is 0.500. The fourth-order valence-corrected chi connectivity index (χ4v) is 3.06. The highest BCUT2D eigenvalue weighted by atomic mass is 79.9. The van der Waals surface area contributed by atoms with Gasteiger partial charge in [-0.15, -0.1) is 0 Å². The summed E-state index contributed by atoms with van der Waals surface area (Å²) >= 11 is 3.39. The van der Waals surface area contributed by atoms with E-state index < -0.39 is 0 Å². The Hall–Kier alpha value is -3.12. The third-order valence-electron chi connectivity index (χ3n) is 3.96. The monoisotopic (exact) mass is 452 g/mol. The van der Waals surface area contributed by atoms with E-state index in [0.717, 1.165) is 4.47 Å². The van der Waals surface area contributed by atoms with Crippen LogP contribution in [-0.4, -0.2) is 17.9 Å². The van der Waals surface area contributed by atoms with E-state index in [9.17, 15) is 9.59 Å². The van der Waals surface area contributed by atoms with Crippen molar-refractivity contribution in [2.24, 2.45) is 0 Å². The van der Waals surface area contributed by atoms with Crippen molar-refractivity contribution >= 4 is 39.1 Å². The lowest BCUT2D eigenvalue weighted by molar-refractivity contribution is 0.101.